The smallest absolute Gasteiger partial charge is 0.331 e. The van der Waals surface area contributed by atoms with Gasteiger partial charge in [0.25, 0.3) is 0 Å². The summed E-state index contributed by atoms with van der Waals surface area (Å²) in [4.78, 5) is 35.3. The molecular weight excluding hydrogens is 592 g/mol. The maximum atomic E-state index is 12.7. The van der Waals surface area contributed by atoms with Crippen LogP contribution in [0, 0.1) is 0 Å². The third-order valence-electron chi connectivity index (χ3n) is 9.92. The molecule has 4 rings (SSSR count). The fourth-order valence-electron chi connectivity index (χ4n) is 8.08. The van der Waals surface area contributed by atoms with E-state index in [9.17, 15) is 9.59 Å². The van der Waals surface area contributed by atoms with Gasteiger partial charge < -0.3 is 28.4 Å². The van der Waals surface area contributed by atoms with E-state index in [1.54, 1.807) is 0 Å². The second-order valence-electron chi connectivity index (χ2n) is 13.9. The number of carbonyl (C=O) groups excluding carboxylic acids is 2. The summed E-state index contributed by atoms with van der Waals surface area (Å²) < 4.78 is 34.4. The second kappa shape index (κ2) is 17.7. The molecule has 0 saturated carbocycles. The minimum atomic E-state index is -0.549. The zero-order chi connectivity index (χ0) is 33.4. The van der Waals surface area contributed by atoms with Gasteiger partial charge in [0.05, 0.1) is 78.4 Å². The van der Waals surface area contributed by atoms with Crippen molar-refractivity contribution in [3.63, 3.8) is 0 Å². The van der Waals surface area contributed by atoms with Gasteiger partial charge >= 0.3 is 11.9 Å². The first-order chi connectivity index (χ1) is 22.0. The Morgan fingerprint density at radius 3 is 0.935 bits per heavy atom. The summed E-state index contributed by atoms with van der Waals surface area (Å²) >= 11 is 0. The standard InChI is InChI=1S/C34H60N4O8/c1-23-15-41-16-24(2)35(23)31(36-25(3)17-42-18-26(36)4)11-13-45-33(39)9-10-34(40)46-14-12-32(37-27(5)19-43-20-28(37)6)38-29(7)21-44-22-30(38)8/h9-10,23-32H,11-22H2,1-8H3/b10-9+/t23-,24-,25-,26-,27-,28-,29-,30-/m0/s1. The lowest BCUT2D eigenvalue weighted by molar-refractivity contribution is -0.156. The van der Waals surface area contributed by atoms with Crippen LogP contribution in [0.2, 0.25) is 0 Å². The second-order valence-corrected chi connectivity index (χ2v) is 13.9. The average molecular weight is 653 g/mol. The lowest BCUT2D eigenvalue weighted by atomic mass is 10.0. The van der Waals surface area contributed by atoms with Crippen LogP contribution in [-0.2, 0) is 38.0 Å². The van der Waals surface area contributed by atoms with Crippen LogP contribution in [0.5, 0.6) is 0 Å². The molecule has 0 aromatic heterocycles. The van der Waals surface area contributed by atoms with E-state index in [0.717, 1.165) is 0 Å². The van der Waals surface area contributed by atoms with Crippen molar-refractivity contribution >= 4 is 11.9 Å². The van der Waals surface area contributed by atoms with E-state index in [1.165, 1.54) is 12.2 Å². The number of esters is 2. The van der Waals surface area contributed by atoms with Gasteiger partial charge in [0.2, 0.25) is 0 Å². The fourth-order valence-corrected chi connectivity index (χ4v) is 8.08. The van der Waals surface area contributed by atoms with Gasteiger partial charge in [-0.3, -0.25) is 19.6 Å². The van der Waals surface area contributed by atoms with Crippen LogP contribution in [0.3, 0.4) is 0 Å². The molecule has 46 heavy (non-hydrogen) atoms. The molecule has 4 heterocycles. The van der Waals surface area contributed by atoms with E-state index in [0.29, 0.717) is 65.7 Å². The highest BCUT2D eigenvalue weighted by Crippen LogP contribution is 2.29. The normalized spacial score (nSPS) is 34.4. The van der Waals surface area contributed by atoms with E-state index in [-0.39, 0.29) is 73.9 Å². The fraction of sp³-hybridized carbons (Fsp3) is 0.882. The molecule has 0 amide bonds. The van der Waals surface area contributed by atoms with Gasteiger partial charge in [-0.05, 0) is 55.4 Å². The van der Waals surface area contributed by atoms with Crippen molar-refractivity contribution in [3.8, 4) is 0 Å². The highest BCUT2D eigenvalue weighted by molar-refractivity contribution is 5.91. The van der Waals surface area contributed by atoms with Gasteiger partial charge in [0.15, 0.2) is 0 Å². The minimum absolute atomic E-state index is 0.0753. The van der Waals surface area contributed by atoms with Crippen LogP contribution in [0.4, 0.5) is 0 Å². The Morgan fingerprint density at radius 1 is 0.500 bits per heavy atom. The Balaban J connectivity index is 1.30. The minimum Gasteiger partial charge on any atom is -0.462 e. The topological polar surface area (TPSA) is 102 Å². The highest BCUT2D eigenvalue weighted by Gasteiger charge is 2.41. The van der Waals surface area contributed by atoms with Gasteiger partial charge in [-0.2, -0.15) is 0 Å². The molecule has 0 spiro atoms. The first-order valence-electron chi connectivity index (χ1n) is 17.4. The zero-order valence-electron chi connectivity index (χ0n) is 29.5. The van der Waals surface area contributed by atoms with Crippen LogP contribution < -0.4 is 0 Å². The molecule has 0 radical (unpaired) electrons. The molecule has 0 aliphatic carbocycles. The molecule has 0 unspecified atom stereocenters. The molecule has 4 aliphatic rings. The van der Waals surface area contributed by atoms with Gasteiger partial charge in [-0.1, -0.05) is 0 Å². The predicted octanol–water partition coefficient (Wildman–Crippen LogP) is 2.50. The summed E-state index contributed by atoms with van der Waals surface area (Å²) in [6, 6.07) is 1.93. The number of hydrogen-bond donors (Lipinski definition) is 0. The molecule has 4 saturated heterocycles. The lowest BCUT2D eigenvalue weighted by Gasteiger charge is -2.52. The number of carbonyl (C=O) groups is 2. The van der Waals surface area contributed by atoms with Crippen LogP contribution in [-0.4, -0.2) is 158 Å². The Bertz CT molecular complexity index is 834. The van der Waals surface area contributed by atoms with E-state index in [4.69, 9.17) is 28.4 Å². The van der Waals surface area contributed by atoms with Crippen LogP contribution >= 0.6 is 0 Å². The van der Waals surface area contributed by atoms with Crippen molar-refractivity contribution in [3.05, 3.63) is 12.2 Å². The van der Waals surface area contributed by atoms with E-state index in [1.807, 2.05) is 0 Å². The molecule has 12 heteroatoms. The number of rotatable bonds is 12. The Kier molecular flexibility index (Phi) is 14.3. The van der Waals surface area contributed by atoms with Crippen molar-refractivity contribution in [2.75, 3.05) is 66.1 Å². The summed E-state index contributed by atoms with van der Waals surface area (Å²) in [6.07, 6.45) is 3.79. The van der Waals surface area contributed by atoms with Crippen molar-refractivity contribution in [1.29, 1.82) is 0 Å². The van der Waals surface area contributed by atoms with Gasteiger partial charge in [-0.25, -0.2) is 9.59 Å². The number of ether oxygens (including phenoxy) is 6. The highest BCUT2D eigenvalue weighted by atomic mass is 16.5. The number of morpholine rings is 4. The molecule has 0 bridgehead atoms. The first kappa shape index (κ1) is 37.2. The van der Waals surface area contributed by atoms with Gasteiger partial charge in [-0.15, -0.1) is 0 Å². The van der Waals surface area contributed by atoms with Crippen molar-refractivity contribution < 1.29 is 38.0 Å². The molecular formula is C34H60N4O8. The first-order valence-corrected chi connectivity index (χ1v) is 17.4. The van der Waals surface area contributed by atoms with Crippen molar-refractivity contribution in [1.82, 2.24) is 19.6 Å². The van der Waals surface area contributed by atoms with E-state index in [2.05, 4.69) is 75.0 Å². The summed E-state index contributed by atoms with van der Waals surface area (Å²) in [6.45, 7) is 23.4. The molecule has 4 aliphatic heterocycles. The third kappa shape index (κ3) is 9.49. The monoisotopic (exact) mass is 652 g/mol. The Hall–Kier alpha value is -1.64. The maximum absolute atomic E-state index is 12.7. The van der Waals surface area contributed by atoms with E-state index < -0.39 is 11.9 Å². The quantitative estimate of drug-likeness (QED) is 0.229. The molecule has 12 nitrogen and oxygen atoms in total. The SMILES string of the molecule is C[C@H]1COC[C@H](C)N1C(CCOC(=O)/C=C/C(=O)OCCC(N1[C@@H](C)COC[C@@H]1C)N1[C@@H](C)COC[C@@H]1C)N1[C@@H](C)COC[C@@H]1C. The van der Waals surface area contributed by atoms with Crippen molar-refractivity contribution in [2.24, 2.45) is 0 Å². The van der Waals surface area contributed by atoms with Gasteiger partial charge in [0.1, 0.15) is 0 Å². The zero-order valence-corrected chi connectivity index (χ0v) is 29.5. The number of nitrogens with zero attached hydrogens (tertiary/aromatic N) is 4. The van der Waals surface area contributed by atoms with Crippen LogP contribution in [0.1, 0.15) is 68.2 Å². The summed E-state index contributed by atoms with van der Waals surface area (Å²) in [5.74, 6) is -1.10. The molecule has 264 valence electrons. The predicted molar refractivity (Wildman–Crippen MR) is 174 cm³/mol. The third-order valence-corrected chi connectivity index (χ3v) is 9.92. The maximum Gasteiger partial charge on any atom is 0.331 e. The largest absolute Gasteiger partial charge is 0.462 e. The van der Waals surface area contributed by atoms with Crippen LogP contribution in [0.25, 0.3) is 0 Å². The summed E-state index contributed by atoms with van der Waals surface area (Å²) in [5, 5.41) is 0. The average Bonchev–Trinajstić information content (AvgIpc) is 2.99. The number of hydrogen-bond acceptors (Lipinski definition) is 12. The van der Waals surface area contributed by atoms with Crippen molar-refractivity contribution in [2.45, 2.75) is 129 Å². The Labute approximate surface area is 276 Å². The summed E-state index contributed by atoms with van der Waals surface area (Å²) in [7, 11) is 0. The lowest BCUT2D eigenvalue weighted by Crippen LogP contribution is -2.65. The molecule has 0 aromatic rings. The summed E-state index contributed by atoms with van der Waals surface area (Å²) in [5.41, 5.74) is 0. The van der Waals surface area contributed by atoms with Crippen LogP contribution in [0.15, 0.2) is 12.2 Å². The van der Waals surface area contributed by atoms with E-state index >= 15 is 0 Å². The Morgan fingerprint density at radius 2 is 0.717 bits per heavy atom. The molecule has 0 aromatic carbocycles. The molecule has 8 atom stereocenters. The molecule has 0 N–H and O–H groups in total. The van der Waals surface area contributed by atoms with Gasteiger partial charge in [0, 0.05) is 73.3 Å². The molecule has 4 fully saturated rings.